The Morgan fingerprint density at radius 2 is 1.88 bits per heavy atom. The van der Waals surface area contributed by atoms with Crippen LogP contribution in [0.2, 0.25) is 5.02 Å². The Balaban J connectivity index is 1.76. The van der Waals surface area contributed by atoms with E-state index in [9.17, 15) is 34.9 Å². The van der Waals surface area contributed by atoms with Crippen molar-refractivity contribution in [1.82, 2.24) is 4.98 Å². The van der Waals surface area contributed by atoms with Gasteiger partial charge in [-0.15, -0.1) is 0 Å². The van der Waals surface area contributed by atoms with Crippen molar-refractivity contribution in [3.05, 3.63) is 52.1 Å². The molecule has 1 aromatic carbocycles. The summed E-state index contributed by atoms with van der Waals surface area (Å²) in [7, 11) is -2.41. The van der Waals surface area contributed by atoms with E-state index in [0.29, 0.717) is 12.0 Å². The molecule has 2 aromatic rings. The topological polar surface area (TPSA) is 54.4 Å². The molecule has 1 fully saturated rings. The Morgan fingerprint density at radius 1 is 1.21 bits per heavy atom. The first-order valence-corrected chi connectivity index (χ1v) is 11.7. The van der Waals surface area contributed by atoms with Gasteiger partial charge in [-0.05, 0) is 43.5 Å². The van der Waals surface area contributed by atoms with Crippen LogP contribution in [0.15, 0.2) is 34.3 Å². The highest BCUT2D eigenvalue weighted by molar-refractivity contribution is 7.85. The minimum absolute atomic E-state index is 0.0270. The molecule has 1 aliphatic rings. The number of hydrogen-bond acceptors (Lipinski definition) is 3. The highest BCUT2D eigenvalue weighted by Gasteiger charge is 2.33. The number of nitrogens with one attached hydrogen (secondary N) is 1. The minimum Gasteiger partial charge on any atom is -0.341 e. The number of aliphatic imine (C=N–C) groups is 1. The first-order valence-electron chi connectivity index (χ1n) is 10.0. The van der Waals surface area contributed by atoms with Gasteiger partial charge < -0.3 is 5.32 Å². The number of halogens is 8. The average molecular weight is 530 g/mol. The van der Waals surface area contributed by atoms with Gasteiger partial charge in [-0.1, -0.05) is 11.6 Å². The Hall–Kier alpha value is -2.21. The lowest BCUT2D eigenvalue weighted by atomic mass is 10.2. The molecule has 1 aromatic heterocycles. The van der Waals surface area contributed by atoms with Gasteiger partial charge in [0, 0.05) is 30.0 Å². The van der Waals surface area contributed by atoms with Gasteiger partial charge in [0.15, 0.2) is 0 Å². The van der Waals surface area contributed by atoms with Crippen molar-refractivity contribution in [1.29, 1.82) is 0 Å². The molecule has 34 heavy (non-hydrogen) atoms. The quantitative estimate of drug-likeness (QED) is 0.259. The van der Waals surface area contributed by atoms with E-state index in [2.05, 4.69) is 15.3 Å². The first kappa shape index (κ1) is 26.4. The number of rotatable bonds is 7. The van der Waals surface area contributed by atoms with Crippen LogP contribution in [0.25, 0.3) is 0 Å². The fourth-order valence-electron chi connectivity index (χ4n) is 3.07. The summed E-state index contributed by atoms with van der Waals surface area (Å²) in [6.07, 6.45) is -6.91. The Morgan fingerprint density at radius 3 is 2.44 bits per heavy atom. The standard InChI is InChI=1S/C21H19ClF7N3OS/c1-11-6-15(23)17(8-18(11)34(33)10-20(24,25)26)32-19(12-2-3-12)30-5-4-16-14(22)7-13(9-31-16)21(27,28)29/h6-9,12H,2-5,10H2,1H3,(H,30,32). The number of anilines is 1. The van der Waals surface area contributed by atoms with E-state index in [0.717, 1.165) is 31.0 Å². The lowest BCUT2D eigenvalue weighted by Gasteiger charge is -2.14. The highest BCUT2D eigenvalue weighted by atomic mass is 35.5. The molecule has 4 nitrogen and oxygen atoms in total. The maximum Gasteiger partial charge on any atom is 0.417 e. The van der Waals surface area contributed by atoms with Gasteiger partial charge >= 0.3 is 12.4 Å². The van der Waals surface area contributed by atoms with E-state index >= 15 is 0 Å². The molecule has 1 heterocycles. The molecule has 0 saturated heterocycles. The van der Waals surface area contributed by atoms with Crippen molar-refractivity contribution in [2.75, 3.05) is 17.6 Å². The normalized spacial score (nSPS) is 16.0. The minimum atomic E-state index is -4.65. The fraction of sp³-hybridized carbons (Fsp3) is 0.429. The van der Waals surface area contributed by atoms with Crippen LogP contribution in [0.1, 0.15) is 29.7 Å². The van der Waals surface area contributed by atoms with Gasteiger partial charge in [-0.25, -0.2) is 4.39 Å². The summed E-state index contributed by atoms with van der Waals surface area (Å²) >= 11 is 5.90. The number of aromatic nitrogens is 1. The molecular weight excluding hydrogens is 511 g/mol. The molecule has 0 spiro atoms. The number of aryl methyl sites for hydroxylation is 1. The van der Waals surface area contributed by atoms with Gasteiger partial charge in [-0.3, -0.25) is 14.2 Å². The molecule has 0 bridgehead atoms. The van der Waals surface area contributed by atoms with Crippen LogP contribution in [0, 0.1) is 18.7 Å². The van der Waals surface area contributed by atoms with Crippen molar-refractivity contribution < 1.29 is 34.9 Å². The largest absolute Gasteiger partial charge is 0.417 e. The van der Waals surface area contributed by atoms with Crippen LogP contribution < -0.4 is 5.32 Å². The van der Waals surface area contributed by atoms with E-state index < -0.39 is 40.3 Å². The summed E-state index contributed by atoms with van der Waals surface area (Å²) in [4.78, 5) is 7.95. The van der Waals surface area contributed by atoms with Gasteiger partial charge in [0.1, 0.15) is 17.4 Å². The number of hydrogen-bond donors (Lipinski definition) is 1. The van der Waals surface area contributed by atoms with E-state index in [1.807, 2.05) is 0 Å². The third-order valence-corrected chi connectivity index (χ3v) is 6.75. The summed E-state index contributed by atoms with van der Waals surface area (Å²) in [6, 6.07) is 2.86. The van der Waals surface area contributed by atoms with Crippen LogP contribution in [0.5, 0.6) is 0 Å². The predicted octanol–water partition coefficient (Wildman–Crippen LogP) is 6.33. The zero-order valence-corrected chi connectivity index (χ0v) is 19.2. The fourth-order valence-corrected chi connectivity index (χ4v) is 4.45. The van der Waals surface area contributed by atoms with Gasteiger partial charge in [0.25, 0.3) is 0 Å². The van der Waals surface area contributed by atoms with Crippen LogP contribution >= 0.6 is 11.6 Å². The van der Waals surface area contributed by atoms with Crippen molar-refractivity contribution in [3.8, 4) is 0 Å². The number of amidine groups is 1. The molecular formula is C21H19ClF7N3OS. The predicted molar refractivity (Wildman–Crippen MR) is 115 cm³/mol. The number of alkyl halides is 6. The zero-order chi connectivity index (χ0) is 25.3. The first-order chi connectivity index (χ1) is 15.7. The summed E-state index contributed by atoms with van der Waals surface area (Å²) < 4.78 is 103. The molecule has 1 aliphatic carbocycles. The summed E-state index contributed by atoms with van der Waals surface area (Å²) in [5.74, 6) is -1.95. The second kappa shape index (κ2) is 10.2. The Bertz CT molecular complexity index is 1110. The van der Waals surface area contributed by atoms with Crippen LogP contribution in [-0.4, -0.2) is 33.5 Å². The average Bonchev–Trinajstić information content (AvgIpc) is 3.53. The second-order valence-electron chi connectivity index (χ2n) is 7.77. The molecule has 0 amide bonds. The van der Waals surface area contributed by atoms with Gasteiger partial charge in [-0.2, -0.15) is 26.3 Å². The van der Waals surface area contributed by atoms with Crippen LogP contribution in [0.4, 0.5) is 36.4 Å². The SMILES string of the molecule is Cc1cc(F)c(NC(=NCCc2ncc(C(F)(F)F)cc2Cl)C2CC2)cc1S(=O)CC(F)(F)F. The molecule has 0 radical (unpaired) electrons. The maximum absolute atomic E-state index is 14.5. The molecule has 1 saturated carbocycles. The van der Waals surface area contributed by atoms with Crippen LogP contribution in [-0.2, 0) is 23.4 Å². The third kappa shape index (κ3) is 7.14. The highest BCUT2D eigenvalue weighted by Crippen LogP contribution is 2.34. The zero-order valence-electron chi connectivity index (χ0n) is 17.7. The van der Waals surface area contributed by atoms with E-state index in [4.69, 9.17) is 11.6 Å². The maximum atomic E-state index is 14.5. The van der Waals surface area contributed by atoms with Gasteiger partial charge in [0.2, 0.25) is 0 Å². The number of benzene rings is 1. The molecule has 0 aliphatic heterocycles. The molecule has 13 heteroatoms. The lowest BCUT2D eigenvalue weighted by Crippen LogP contribution is -2.20. The Labute approximate surface area is 198 Å². The number of pyridine rings is 1. The van der Waals surface area contributed by atoms with Crippen molar-refractivity contribution in [2.24, 2.45) is 10.9 Å². The molecule has 1 unspecified atom stereocenters. The third-order valence-electron chi connectivity index (χ3n) is 4.91. The van der Waals surface area contributed by atoms with E-state index in [1.54, 1.807) is 0 Å². The monoisotopic (exact) mass is 529 g/mol. The summed E-state index contributed by atoms with van der Waals surface area (Å²) in [5, 5.41) is 2.62. The summed E-state index contributed by atoms with van der Waals surface area (Å²) in [5.41, 5.74) is -0.801. The lowest BCUT2D eigenvalue weighted by molar-refractivity contribution is -0.137. The van der Waals surface area contributed by atoms with Crippen molar-refractivity contribution >= 4 is 33.9 Å². The number of nitrogens with zero attached hydrogens (tertiary/aromatic N) is 2. The second-order valence-corrected chi connectivity index (χ2v) is 9.60. The summed E-state index contributed by atoms with van der Waals surface area (Å²) in [6.45, 7) is 1.45. The van der Waals surface area contributed by atoms with E-state index in [1.165, 1.54) is 6.92 Å². The molecule has 1 atom stereocenters. The van der Waals surface area contributed by atoms with E-state index in [-0.39, 0.29) is 45.7 Å². The Kier molecular flexibility index (Phi) is 7.91. The van der Waals surface area contributed by atoms with Crippen molar-refractivity contribution in [3.63, 3.8) is 0 Å². The molecule has 1 N–H and O–H groups in total. The van der Waals surface area contributed by atoms with Crippen LogP contribution in [0.3, 0.4) is 0 Å². The molecule has 3 rings (SSSR count). The van der Waals surface area contributed by atoms with Crippen molar-refractivity contribution in [2.45, 2.75) is 43.4 Å². The smallest absolute Gasteiger partial charge is 0.341 e. The van der Waals surface area contributed by atoms with Gasteiger partial charge in [0.05, 0.1) is 32.8 Å². The molecule has 186 valence electrons.